The molecule has 2 N–H and O–H groups in total. The quantitative estimate of drug-likeness (QED) is 0.728. The van der Waals surface area contributed by atoms with E-state index in [4.69, 9.17) is 5.73 Å². The molecule has 0 aromatic rings. The summed E-state index contributed by atoms with van der Waals surface area (Å²) in [6.07, 6.45) is 2.16. The van der Waals surface area contributed by atoms with Crippen LogP contribution < -0.4 is 5.73 Å². The highest BCUT2D eigenvalue weighted by Crippen LogP contribution is 2.26. The van der Waals surface area contributed by atoms with Crippen molar-refractivity contribution in [2.45, 2.75) is 52.1 Å². The summed E-state index contributed by atoms with van der Waals surface area (Å²) < 4.78 is 0. The van der Waals surface area contributed by atoms with Crippen LogP contribution in [0.15, 0.2) is 0 Å². The number of nitrogens with two attached hydrogens (primary N) is 1. The van der Waals surface area contributed by atoms with E-state index in [1.807, 2.05) is 4.90 Å². The first-order chi connectivity index (χ1) is 6.36. The molecule has 2 unspecified atom stereocenters. The van der Waals surface area contributed by atoms with Crippen molar-refractivity contribution in [3.63, 3.8) is 0 Å². The number of nitrogens with zero attached hydrogens (tertiary/aromatic N) is 1. The molecule has 1 aliphatic heterocycles. The zero-order valence-corrected chi connectivity index (χ0v) is 9.71. The lowest BCUT2D eigenvalue weighted by Gasteiger charge is -2.30. The number of likely N-dealkylation sites (tertiary alicyclic amines) is 1. The Bertz CT molecular complexity index is 220. The summed E-state index contributed by atoms with van der Waals surface area (Å²) >= 11 is 0. The summed E-state index contributed by atoms with van der Waals surface area (Å²) in [5.41, 5.74) is 5.11. The molecular formula is C11H22N2O. The van der Waals surface area contributed by atoms with Crippen molar-refractivity contribution in [2.24, 2.45) is 11.7 Å². The van der Waals surface area contributed by atoms with Crippen LogP contribution in [0.1, 0.15) is 40.5 Å². The molecule has 0 aromatic heterocycles. The summed E-state index contributed by atoms with van der Waals surface area (Å²) in [6, 6.07) is 0.403. The molecule has 1 saturated heterocycles. The van der Waals surface area contributed by atoms with Gasteiger partial charge in [0.25, 0.3) is 0 Å². The van der Waals surface area contributed by atoms with Gasteiger partial charge in [-0.2, -0.15) is 0 Å². The average Bonchev–Trinajstić information content (AvgIpc) is 2.43. The Kier molecular flexibility index (Phi) is 3.20. The van der Waals surface area contributed by atoms with E-state index in [2.05, 4.69) is 13.8 Å². The van der Waals surface area contributed by atoms with E-state index in [-0.39, 0.29) is 5.91 Å². The molecule has 1 rings (SSSR count). The van der Waals surface area contributed by atoms with Crippen LogP contribution in [0.25, 0.3) is 0 Å². The molecule has 3 nitrogen and oxygen atoms in total. The smallest absolute Gasteiger partial charge is 0.242 e. The Morgan fingerprint density at radius 1 is 1.57 bits per heavy atom. The van der Waals surface area contributed by atoms with Crippen LogP contribution in [0.3, 0.4) is 0 Å². The van der Waals surface area contributed by atoms with E-state index in [0.29, 0.717) is 12.0 Å². The number of hydrogen-bond donors (Lipinski definition) is 1. The van der Waals surface area contributed by atoms with E-state index in [1.165, 1.54) is 0 Å². The van der Waals surface area contributed by atoms with Crippen molar-refractivity contribution >= 4 is 5.91 Å². The number of rotatable bonds is 2. The fourth-order valence-electron chi connectivity index (χ4n) is 2.16. The highest BCUT2D eigenvalue weighted by Gasteiger charge is 2.37. The van der Waals surface area contributed by atoms with Gasteiger partial charge in [-0.15, -0.1) is 0 Å². The molecule has 0 spiro atoms. The molecule has 1 heterocycles. The first-order valence-electron chi connectivity index (χ1n) is 5.46. The maximum absolute atomic E-state index is 12.0. The molecule has 82 valence electrons. The molecular weight excluding hydrogens is 176 g/mol. The first kappa shape index (κ1) is 11.5. The lowest BCUT2D eigenvalue weighted by molar-refractivity contribution is -0.136. The molecule has 2 atom stereocenters. The van der Waals surface area contributed by atoms with Crippen molar-refractivity contribution < 1.29 is 4.79 Å². The Morgan fingerprint density at radius 3 is 2.57 bits per heavy atom. The van der Waals surface area contributed by atoms with Crippen LogP contribution in [0.2, 0.25) is 0 Å². The highest BCUT2D eigenvalue weighted by atomic mass is 16.2. The lowest BCUT2D eigenvalue weighted by atomic mass is 10.0. The third kappa shape index (κ3) is 2.27. The van der Waals surface area contributed by atoms with Gasteiger partial charge in [-0.1, -0.05) is 13.8 Å². The summed E-state index contributed by atoms with van der Waals surface area (Å²) in [5, 5.41) is 0. The third-order valence-corrected chi connectivity index (χ3v) is 2.91. The van der Waals surface area contributed by atoms with Crippen molar-refractivity contribution in [1.82, 2.24) is 4.90 Å². The molecule has 0 bridgehead atoms. The minimum Gasteiger partial charge on any atom is -0.338 e. The molecule has 0 saturated carbocycles. The van der Waals surface area contributed by atoms with E-state index < -0.39 is 5.54 Å². The van der Waals surface area contributed by atoms with Crippen molar-refractivity contribution in [3.8, 4) is 0 Å². The van der Waals surface area contributed by atoms with Crippen LogP contribution in [-0.4, -0.2) is 28.9 Å². The topological polar surface area (TPSA) is 46.3 Å². The summed E-state index contributed by atoms with van der Waals surface area (Å²) in [4.78, 5) is 13.9. The molecule has 3 heteroatoms. The van der Waals surface area contributed by atoms with Gasteiger partial charge in [-0.25, -0.2) is 0 Å². The number of carbonyl (C=O) groups is 1. The van der Waals surface area contributed by atoms with Gasteiger partial charge in [-0.3, -0.25) is 4.79 Å². The zero-order valence-electron chi connectivity index (χ0n) is 9.71. The maximum Gasteiger partial charge on any atom is 0.242 e. The standard InChI is InChI=1S/C11H22N2O/c1-5-9-6-8(2)7-13(9)10(14)11(3,4)12/h8-9H,5-7,12H2,1-4H3. The van der Waals surface area contributed by atoms with Crippen molar-refractivity contribution in [1.29, 1.82) is 0 Å². The SMILES string of the molecule is CCC1CC(C)CN1C(=O)C(C)(C)N. The van der Waals surface area contributed by atoms with E-state index >= 15 is 0 Å². The van der Waals surface area contributed by atoms with Crippen LogP contribution in [0.4, 0.5) is 0 Å². The normalized spacial score (nSPS) is 28.2. The Labute approximate surface area is 86.6 Å². The zero-order chi connectivity index (χ0) is 10.9. The molecule has 0 radical (unpaired) electrons. The van der Waals surface area contributed by atoms with Gasteiger partial charge in [-0.05, 0) is 32.6 Å². The Balaban J connectivity index is 2.72. The fourth-order valence-corrected chi connectivity index (χ4v) is 2.16. The minimum atomic E-state index is -0.725. The molecule has 1 fully saturated rings. The van der Waals surface area contributed by atoms with Crippen molar-refractivity contribution in [3.05, 3.63) is 0 Å². The molecule has 0 aliphatic carbocycles. The molecule has 14 heavy (non-hydrogen) atoms. The van der Waals surface area contributed by atoms with Crippen LogP contribution in [0.5, 0.6) is 0 Å². The second kappa shape index (κ2) is 3.89. The van der Waals surface area contributed by atoms with Crippen LogP contribution in [0, 0.1) is 5.92 Å². The van der Waals surface area contributed by atoms with Crippen LogP contribution >= 0.6 is 0 Å². The van der Waals surface area contributed by atoms with E-state index in [1.54, 1.807) is 13.8 Å². The predicted molar refractivity (Wildman–Crippen MR) is 57.8 cm³/mol. The maximum atomic E-state index is 12.0. The molecule has 0 aromatic carbocycles. The Hall–Kier alpha value is -0.570. The summed E-state index contributed by atoms with van der Waals surface area (Å²) in [7, 11) is 0. The second-order valence-electron chi connectivity index (χ2n) is 5.08. The van der Waals surface area contributed by atoms with Gasteiger partial charge in [0.2, 0.25) is 5.91 Å². The van der Waals surface area contributed by atoms with E-state index in [0.717, 1.165) is 19.4 Å². The van der Waals surface area contributed by atoms with Gasteiger partial charge in [0.1, 0.15) is 0 Å². The van der Waals surface area contributed by atoms with Crippen molar-refractivity contribution in [2.75, 3.05) is 6.54 Å². The summed E-state index contributed by atoms with van der Waals surface area (Å²) in [5.74, 6) is 0.708. The van der Waals surface area contributed by atoms with Gasteiger partial charge in [0.05, 0.1) is 5.54 Å². The third-order valence-electron chi connectivity index (χ3n) is 2.91. The Morgan fingerprint density at radius 2 is 2.14 bits per heavy atom. The molecule has 1 aliphatic rings. The summed E-state index contributed by atoms with van der Waals surface area (Å²) in [6.45, 7) is 8.76. The van der Waals surface area contributed by atoms with Gasteiger partial charge >= 0.3 is 0 Å². The number of hydrogen-bond acceptors (Lipinski definition) is 2. The highest BCUT2D eigenvalue weighted by molar-refractivity contribution is 5.85. The fraction of sp³-hybridized carbons (Fsp3) is 0.909. The molecule has 1 amide bonds. The lowest BCUT2D eigenvalue weighted by Crippen LogP contribution is -2.52. The van der Waals surface area contributed by atoms with E-state index in [9.17, 15) is 4.79 Å². The monoisotopic (exact) mass is 198 g/mol. The van der Waals surface area contributed by atoms with Gasteiger partial charge in [0, 0.05) is 12.6 Å². The average molecular weight is 198 g/mol. The predicted octanol–water partition coefficient (Wildman–Crippen LogP) is 1.37. The minimum absolute atomic E-state index is 0.0914. The number of amides is 1. The van der Waals surface area contributed by atoms with Crippen LogP contribution in [-0.2, 0) is 4.79 Å². The van der Waals surface area contributed by atoms with Gasteiger partial charge < -0.3 is 10.6 Å². The largest absolute Gasteiger partial charge is 0.338 e. The number of carbonyl (C=O) groups excluding carboxylic acids is 1. The first-order valence-corrected chi connectivity index (χ1v) is 5.46. The van der Waals surface area contributed by atoms with Gasteiger partial charge in [0.15, 0.2) is 0 Å². The second-order valence-corrected chi connectivity index (χ2v) is 5.08.